The molecule has 2 aromatic carbocycles. The maximum absolute atomic E-state index is 6.89. The van der Waals surface area contributed by atoms with Gasteiger partial charge in [-0.1, -0.05) is 29.8 Å². The van der Waals surface area contributed by atoms with Gasteiger partial charge in [0.1, 0.15) is 22.9 Å². The van der Waals surface area contributed by atoms with Crippen LogP contribution in [0.15, 0.2) is 48.8 Å². The van der Waals surface area contributed by atoms with E-state index < -0.39 is 0 Å². The summed E-state index contributed by atoms with van der Waals surface area (Å²) in [6.07, 6.45) is 1.55. The van der Waals surface area contributed by atoms with E-state index in [0.29, 0.717) is 10.8 Å². The molecule has 2 aromatic heterocycles. The van der Waals surface area contributed by atoms with Crippen molar-refractivity contribution in [3.05, 3.63) is 65.2 Å². The predicted octanol–water partition coefficient (Wildman–Crippen LogP) is 4.95. The highest BCUT2D eigenvalue weighted by Gasteiger charge is 2.22. The molecule has 6 heteroatoms. The summed E-state index contributed by atoms with van der Waals surface area (Å²) in [7, 11) is 1.66. The molecule has 5 nitrogen and oxygen atoms in total. The average molecular weight is 379 g/mol. The van der Waals surface area contributed by atoms with Crippen LogP contribution in [0.5, 0.6) is 5.75 Å². The minimum atomic E-state index is 0.560. The first-order valence-corrected chi connectivity index (χ1v) is 8.91. The van der Waals surface area contributed by atoms with E-state index in [0.717, 1.165) is 44.9 Å². The lowest BCUT2D eigenvalue weighted by Gasteiger charge is -2.09. The van der Waals surface area contributed by atoms with Gasteiger partial charge in [-0.25, -0.2) is 9.97 Å². The van der Waals surface area contributed by atoms with Crippen LogP contribution in [0, 0.1) is 13.8 Å². The van der Waals surface area contributed by atoms with Crippen LogP contribution >= 0.6 is 11.6 Å². The van der Waals surface area contributed by atoms with Gasteiger partial charge in [-0.3, -0.25) is 4.57 Å². The summed E-state index contributed by atoms with van der Waals surface area (Å²) in [5.41, 5.74) is 12.0. The number of nitrogen functional groups attached to an aromatic ring is 1. The monoisotopic (exact) mass is 378 g/mol. The Labute approximate surface area is 162 Å². The lowest BCUT2D eigenvalue weighted by Crippen LogP contribution is -1.97. The zero-order valence-electron chi connectivity index (χ0n) is 15.3. The Hall–Kier alpha value is -3.05. The highest BCUT2D eigenvalue weighted by Crippen LogP contribution is 2.41. The molecule has 0 bridgehead atoms. The van der Waals surface area contributed by atoms with Crippen molar-refractivity contribution in [1.82, 2.24) is 14.5 Å². The van der Waals surface area contributed by atoms with Crippen LogP contribution in [-0.4, -0.2) is 21.6 Å². The number of fused-ring (bicyclic) bond motifs is 1. The summed E-state index contributed by atoms with van der Waals surface area (Å²) in [5.74, 6) is 0.808. The van der Waals surface area contributed by atoms with Crippen molar-refractivity contribution in [3.8, 4) is 22.6 Å². The van der Waals surface area contributed by atoms with Crippen LogP contribution in [0.2, 0.25) is 5.15 Å². The second-order valence-corrected chi connectivity index (χ2v) is 6.80. The van der Waals surface area contributed by atoms with Crippen molar-refractivity contribution in [1.29, 1.82) is 0 Å². The quantitative estimate of drug-likeness (QED) is 0.512. The molecule has 0 spiro atoms. The Morgan fingerprint density at radius 2 is 1.89 bits per heavy atom. The first kappa shape index (κ1) is 17.4. The minimum absolute atomic E-state index is 0.560. The molecule has 0 atom stereocenters. The lowest BCUT2D eigenvalue weighted by atomic mass is 10.0. The van der Waals surface area contributed by atoms with E-state index in [2.05, 4.69) is 9.97 Å². The van der Waals surface area contributed by atoms with E-state index in [1.54, 1.807) is 13.4 Å². The van der Waals surface area contributed by atoms with E-state index in [1.165, 1.54) is 0 Å². The number of hydrogen-bond acceptors (Lipinski definition) is 4. The Kier molecular flexibility index (Phi) is 4.24. The average Bonchev–Trinajstić information content (AvgIpc) is 2.95. The van der Waals surface area contributed by atoms with Crippen molar-refractivity contribution < 1.29 is 4.74 Å². The van der Waals surface area contributed by atoms with Crippen molar-refractivity contribution in [2.75, 3.05) is 12.8 Å². The van der Waals surface area contributed by atoms with Gasteiger partial charge in [-0.15, -0.1) is 0 Å². The van der Waals surface area contributed by atoms with E-state index >= 15 is 0 Å². The van der Waals surface area contributed by atoms with E-state index in [-0.39, 0.29) is 0 Å². The number of hydrogen-bond donors (Lipinski definition) is 1. The Morgan fingerprint density at radius 3 is 2.63 bits per heavy atom. The molecule has 0 fully saturated rings. The maximum Gasteiger partial charge on any atom is 0.150 e. The largest absolute Gasteiger partial charge is 0.496 e. The highest BCUT2D eigenvalue weighted by atomic mass is 35.5. The van der Waals surface area contributed by atoms with Crippen LogP contribution in [0.4, 0.5) is 5.69 Å². The van der Waals surface area contributed by atoms with Gasteiger partial charge in [-0.2, -0.15) is 0 Å². The fourth-order valence-corrected chi connectivity index (χ4v) is 3.75. The van der Waals surface area contributed by atoms with E-state index in [4.69, 9.17) is 22.1 Å². The van der Waals surface area contributed by atoms with Gasteiger partial charge in [0.15, 0.2) is 0 Å². The molecule has 4 aromatic rings. The molecule has 2 N–H and O–H groups in total. The van der Waals surface area contributed by atoms with Crippen LogP contribution in [-0.2, 0) is 0 Å². The molecule has 0 aliphatic heterocycles. The molecule has 2 heterocycles. The van der Waals surface area contributed by atoms with Crippen LogP contribution in [0.3, 0.4) is 0 Å². The SMILES string of the molecule is COc1cc(-c2c(Cl)n(-c3cccc(N)c3)c3ncnc(C)c23)ccc1C. The Balaban J connectivity index is 2.09. The topological polar surface area (TPSA) is 66.0 Å². The molecule has 0 saturated heterocycles. The number of ether oxygens (including phenoxy) is 1. The molecule has 0 amide bonds. The summed E-state index contributed by atoms with van der Waals surface area (Å²) in [6.45, 7) is 3.97. The summed E-state index contributed by atoms with van der Waals surface area (Å²) < 4.78 is 7.41. The third-order valence-electron chi connectivity index (χ3n) is 4.71. The van der Waals surface area contributed by atoms with Crippen LogP contribution in [0.1, 0.15) is 11.3 Å². The summed E-state index contributed by atoms with van der Waals surface area (Å²) in [5, 5.41) is 1.47. The number of rotatable bonds is 3. The molecule has 0 saturated carbocycles. The highest BCUT2D eigenvalue weighted by molar-refractivity contribution is 6.35. The molecule has 0 aliphatic carbocycles. The van der Waals surface area contributed by atoms with Crippen molar-refractivity contribution in [2.45, 2.75) is 13.8 Å². The number of halogens is 1. The van der Waals surface area contributed by atoms with Gasteiger partial charge in [0.25, 0.3) is 0 Å². The number of anilines is 1. The molecule has 0 aliphatic rings. The molecular weight excluding hydrogens is 360 g/mol. The van der Waals surface area contributed by atoms with Gasteiger partial charge in [-0.05, 0) is 49.2 Å². The third kappa shape index (κ3) is 2.80. The predicted molar refractivity (Wildman–Crippen MR) is 110 cm³/mol. The van der Waals surface area contributed by atoms with Gasteiger partial charge in [0, 0.05) is 11.3 Å². The summed E-state index contributed by atoms with van der Waals surface area (Å²) in [6, 6.07) is 13.6. The van der Waals surface area contributed by atoms with Gasteiger partial charge >= 0.3 is 0 Å². The molecule has 4 rings (SSSR count). The van der Waals surface area contributed by atoms with Crippen LogP contribution in [0.25, 0.3) is 27.8 Å². The number of aryl methyl sites for hydroxylation is 2. The Morgan fingerprint density at radius 1 is 1.07 bits per heavy atom. The van der Waals surface area contributed by atoms with E-state index in [1.807, 2.05) is 60.9 Å². The molecule has 0 unspecified atom stereocenters. The first-order chi connectivity index (χ1) is 13.0. The normalized spacial score (nSPS) is 11.1. The molecule has 136 valence electrons. The fourth-order valence-electron chi connectivity index (χ4n) is 3.37. The molecule has 27 heavy (non-hydrogen) atoms. The summed E-state index contributed by atoms with van der Waals surface area (Å²) >= 11 is 6.89. The number of aromatic nitrogens is 3. The zero-order chi connectivity index (χ0) is 19.1. The fraction of sp³-hybridized carbons (Fsp3) is 0.143. The summed E-state index contributed by atoms with van der Waals surface area (Å²) in [4.78, 5) is 8.89. The maximum atomic E-state index is 6.89. The zero-order valence-corrected chi connectivity index (χ0v) is 16.1. The van der Waals surface area contributed by atoms with Crippen molar-refractivity contribution in [2.24, 2.45) is 0 Å². The van der Waals surface area contributed by atoms with Gasteiger partial charge in [0.05, 0.1) is 23.9 Å². The number of nitrogens with zero attached hydrogens (tertiary/aromatic N) is 3. The van der Waals surface area contributed by atoms with E-state index in [9.17, 15) is 0 Å². The number of methoxy groups -OCH3 is 1. The first-order valence-electron chi connectivity index (χ1n) is 8.53. The third-order valence-corrected chi connectivity index (χ3v) is 5.06. The van der Waals surface area contributed by atoms with Crippen molar-refractivity contribution >= 4 is 28.3 Å². The molecular formula is C21H19ClN4O. The standard InChI is InChI=1S/C21H19ClN4O/c1-12-7-8-14(9-17(12)27-3)19-18-13(2)24-11-25-21(18)26(20(19)22)16-6-4-5-15(23)10-16/h4-11H,23H2,1-3H3. The lowest BCUT2D eigenvalue weighted by molar-refractivity contribution is 0.412. The van der Waals surface area contributed by atoms with Gasteiger partial charge in [0.2, 0.25) is 0 Å². The second-order valence-electron chi connectivity index (χ2n) is 6.44. The number of benzene rings is 2. The van der Waals surface area contributed by atoms with Crippen molar-refractivity contribution in [3.63, 3.8) is 0 Å². The number of nitrogens with two attached hydrogens (primary N) is 1. The molecule has 0 radical (unpaired) electrons. The van der Waals surface area contributed by atoms with Crippen LogP contribution < -0.4 is 10.5 Å². The minimum Gasteiger partial charge on any atom is -0.496 e. The smallest absolute Gasteiger partial charge is 0.150 e. The van der Waals surface area contributed by atoms with Gasteiger partial charge < -0.3 is 10.5 Å². The Bertz CT molecular complexity index is 1170. The second kappa shape index (κ2) is 6.59.